The molecule has 0 radical (unpaired) electrons. The van der Waals surface area contributed by atoms with Crippen molar-refractivity contribution in [2.45, 2.75) is 30.8 Å². The highest BCUT2D eigenvalue weighted by molar-refractivity contribution is 9.10. The lowest BCUT2D eigenvalue weighted by atomic mass is 10.1. The molecule has 1 atom stereocenters. The third kappa shape index (κ3) is 5.25. The Morgan fingerprint density at radius 3 is 2.44 bits per heavy atom. The van der Waals surface area contributed by atoms with Crippen LogP contribution >= 0.6 is 15.9 Å². The van der Waals surface area contributed by atoms with E-state index in [1.807, 2.05) is 0 Å². The molecule has 0 saturated heterocycles. The Bertz CT molecular complexity index is 1300. The molecule has 0 aliphatic heterocycles. The topological polar surface area (TPSA) is 98.5 Å². The van der Waals surface area contributed by atoms with E-state index < -0.39 is 26.8 Å². The molecule has 1 N–H and O–H groups in total. The second kappa shape index (κ2) is 9.13. The van der Waals surface area contributed by atoms with Crippen molar-refractivity contribution in [3.05, 3.63) is 69.3 Å². The maximum Gasteiger partial charge on any atom is 0.314 e. The number of hydrogen-bond acceptors (Lipinski definition) is 6. The smallest absolute Gasteiger partial charge is 0.314 e. The zero-order chi connectivity index (χ0) is 23.7. The van der Waals surface area contributed by atoms with E-state index in [1.165, 1.54) is 36.5 Å². The molecule has 1 heterocycles. The molecular formula is C22H22BrFN2O5S. The van der Waals surface area contributed by atoms with Crippen LogP contribution < -0.4 is 10.3 Å². The van der Waals surface area contributed by atoms with Crippen LogP contribution in [0, 0.1) is 5.82 Å². The van der Waals surface area contributed by atoms with Gasteiger partial charge >= 0.3 is 5.56 Å². The molecule has 0 saturated carbocycles. The summed E-state index contributed by atoms with van der Waals surface area (Å²) in [4.78, 5) is 13.4. The number of nitrogens with zero attached hydrogens (tertiary/aromatic N) is 2. The number of sulfone groups is 1. The van der Waals surface area contributed by atoms with Crippen molar-refractivity contribution in [2.24, 2.45) is 0 Å². The Hall–Kier alpha value is -2.56. The number of ether oxygens (including phenoxy) is 1. The number of benzene rings is 2. The van der Waals surface area contributed by atoms with Gasteiger partial charge in [-0.1, -0.05) is 19.1 Å². The summed E-state index contributed by atoms with van der Waals surface area (Å²) < 4.78 is 44.1. The van der Waals surface area contributed by atoms with Crippen LogP contribution in [0.3, 0.4) is 0 Å². The van der Waals surface area contributed by atoms with Crippen LogP contribution in [0.2, 0.25) is 0 Å². The minimum Gasteiger partial charge on any atom is -0.484 e. The average molecular weight is 525 g/mol. The van der Waals surface area contributed by atoms with E-state index in [1.54, 1.807) is 26.0 Å². The first kappa shape index (κ1) is 24.1. The fourth-order valence-corrected chi connectivity index (χ4v) is 3.79. The molecular weight excluding hydrogens is 503 g/mol. The molecule has 32 heavy (non-hydrogen) atoms. The standard InChI is InChI=1S/C22H22BrFN2O5S/c1-4-22(2,28)13-31-20-17(14-5-8-16(9-6-14)32(3,29)30)12-25-26(21(20)27)15-7-10-19(24)18(23)11-15/h5-12,28H,4,13H2,1-3H3/t22-/m1/s1. The molecule has 3 aromatic rings. The van der Waals surface area contributed by atoms with Gasteiger partial charge in [0.2, 0.25) is 0 Å². The Morgan fingerprint density at radius 1 is 1.22 bits per heavy atom. The van der Waals surface area contributed by atoms with E-state index in [4.69, 9.17) is 4.74 Å². The lowest BCUT2D eigenvalue weighted by molar-refractivity contribution is 0.00806. The monoisotopic (exact) mass is 524 g/mol. The summed E-state index contributed by atoms with van der Waals surface area (Å²) >= 11 is 3.09. The Morgan fingerprint density at radius 2 is 1.88 bits per heavy atom. The van der Waals surface area contributed by atoms with Crippen LogP contribution in [0.5, 0.6) is 5.75 Å². The first-order chi connectivity index (χ1) is 14.9. The summed E-state index contributed by atoms with van der Waals surface area (Å²) in [6, 6.07) is 9.98. The van der Waals surface area contributed by atoms with Gasteiger partial charge in [0.1, 0.15) is 12.4 Å². The third-order valence-electron chi connectivity index (χ3n) is 4.96. The predicted molar refractivity (Wildman–Crippen MR) is 122 cm³/mol. The second-order valence-electron chi connectivity index (χ2n) is 7.64. The quantitative estimate of drug-likeness (QED) is 0.505. The number of aliphatic hydroxyl groups is 1. The molecule has 7 nitrogen and oxygen atoms in total. The van der Waals surface area contributed by atoms with Crippen LogP contribution in [0.1, 0.15) is 20.3 Å². The lowest BCUT2D eigenvalue weighted by Gasteiger charge is -2.22. The van der Waals surface area contributed by atoms with Crippen molar-refractivity contribution in [2.75, 3.05) is 12.9 Å². The van der Waals surface area contributed by atoms with Gasteiger partial charge in [0.25, 0.3) is 0 Å². The fraction of sp³-hybridized carbons (Fsp3) is 0.273. The number of hydrogen-bond donors (Lipinski definition) is 1. The van der Waals surface area contributed by atoms with Gasteiger partial charge in [-0.25, -0.2) is 12.8 Å². The van der Waals surface area contributed by atoms with Gasteiger partial charge in [-0.05, 0) is 65.2 Å². The van der Waals surface area contributed by atoms with Gasteiger partial charge < -0.3 is 9.84 Å². The summed E-state index contributed by atoms with van der Waals surface area (Å²) in [5.41, 5.74) is -0.619. The lowest BCUT2D eigenvalue weighted by Crippen LogP contribution is -2.33. The van der Waals surface area contributed by atoms with E-state index in [-0.39, 0.29) is 21.7 Å². The summed E-state index contributed by atoms with van der Waals surface area (Å²) in [6.07, 6.45) is 2.91. The van der Waals surface area contributed by atoms with Crippen LogP contribution in [-0.2, 0) is 9.84 Å². The van der Waals surface area contributed by atoms with Crippen molar-refractivity contribution in [3.63, 3.8) is 0 Å². The zero-order valence-corrected chi connectivity index (χ0v) is 20.1. The maximum atomic E-state index is 13.6. The van der Waals surface area contributed by atoms with E-state index >= 15 is 0 Å². The Labute approximate surface area is 193 Å². The van der Waals surface area contributed by atoms with Crippen molar-refractivity contribution in [3.8, 4) is 22.6 Å². The summed E-state index contributed by atoms with van der Waals surface area (Å²) in [5.74, 6) is -0.555. The van der Waals surface area contributed by atoms with Crippen molar-refractivity contribution < 1.29 is 22.7 Å². The largest absolute Gasteiger partial charge is 0.484 e. The SMILES string of the molecule is CC[C@@](C)(O)COc1c(-c2ccc(S(C)(=O)=O)cc2)cnn(-c2ccc(F)c(Br)c2)c1=O. The molecule has 2 aromatic carbocycles. The maximum absolute atomic E-state index is 13.6. The van der Waals surface area contributed by atoms with Gasteiger partial charge in [0.15, 0.2) is 15.6 Å². The summed E-state index contributed by atoms with van der Waals surface area (Å²) in [5, 5.41) is 14.5. The zero-order valence-electron chi connectivity index (χ0n) is 17.7. The molecule has 0 unspecified atom stereocenters. The second-order valence-corrected chi connectivity index (χ2v) is 10.5. The van der Waals surface area contributed by atoms with Crippen LogP contribution in [0.15, 0.2) is 62.8 Å². The highest BCUT2D eigenvalue weighted by atomic mass is 79.9. The van der Waals surface area contributed by atoms with Gasteiger partial charge in [-0.3, -0.25) is 4.79 Å². The first-order valence-electron chi connectivity index (χ1n) is 9.66. The minimum atomic E-state index is -3.38. The molecule has 1 aromatic heterocycles. The third-order valence-corrected chi connectivity index (χ3v) is 6.70. The number of rotatable bonds is 7. The number of halogens is 2. The molecule has 0 aliphatic rings. The molecule has 0 aliphatic carbocycles. The average Bonchev–Trinajstić information content (AvgIpc) is 2.74. The molecule has 170 valence electrons. The molecule has 0 amide bonds. The van der Waals surface area contributed by atoms with Gasteiger partial charge in [-0.2, -0.15) is 9.78 Å². The van der Waals surface area contributed by atoms with Crippen molar-refractivity contribution in [1.29, 1.82) is 0 Å². The van der Waals surface area contributed by atoms with E-state index in [9.17, 15) is 22.7 Å². The highest BCUT2D eigenvalue weighted by Gasteiger charge is 2.23. The van der Waals surface area contributed by atoms with Crippen LogP contribution in [0.25, 0.3) is 16.8 Å². The normalized spacial score (nSPS) is 13.6. The minimum absolute atomic E-state index is 0.0683. The van der Waals surface area contributed by atoms with Gasteiger partial charge in [0, 0.05) is 11.8 Å². The van der Waals surface area contributed by atoms with E-state index in [0.717, 1.165) is 10.9 Å². The molecule has 0 fully saturated rings. The molecule has 0 spiro atoms. The molecule has 10 heteroatoms. The summed E-state index contributed by atoms with van der Waals surface area (Å²) in [7, 11) is -3.38. The first-order valence-corrected chi connectivity index (χ1v) is 12.3. The summed E-state index contributed by atoms with van der Waals surface area (Å²) in [6.45, 7) is 3.23. The number of aromatic nitrogens is 2. The predicted octanol–water partition coefficient (Wildman–Crippen LogP) is 3.74. The van der Waals surface area contributed by atoms with Gasteiger partial charge in [0.05, 0.1) is 26.9 Å². The molecule has 3 rings (SSSR count). The van der Waals surface area contributed by atoms with Crippen molar-refractivity contribution >= 4 is 25.8 Å². The molecule has 0 bridgehead atoms. The highest BCUT2D eigenvalue weighted by Crippen LogP contribution is 2.29. The fourth-order valence-electron chi connectivity index (χ4n) is 2.80. The van der Waals surface area contributed by atoms with Crippen molar-refractivity contribution in [1.82, 2.24) is 9.78 Å². The van der Waals surface area contributed by atoms with Crippen LogP contribution in [0.4, 0.5) is 4.39 Å². The van der Waals surface area contributed by atoms with Crippen LogP contribution in [-0.4, -0.2) is 41.8 Å². The van der Waals surface area contributed by atoms with E-state index in [0.29, 0.717) is 23.2 Å². The van der Waals surface area contributed by atoms with E-state index in [2.05, 4.69) is 21.0 Å². The van der Waals surface area contributed by atoms with Gasteiger partial charge in [-0.15, -0.1) is 0 Å². The Balaban J connectivity index is 2.15. The Kier molecular flexibility index (Phi) is 6.87.